The van der Waals surface area contributed by atoms with Gasteiger partial charge in [-0.05, 0) is 6.07 Å². The molecule has 2 aliphatic rings. The van der Waals surface area contributed by atoms with E-state index in [1.807, 2.05) is 9.80 Å². The molecule has 0 aromatic carbocycles. The summed E-state index contributed by atoms with van der Waals surface area (Å²) >= 11 is 0. The zero-order valence-electron chi connectivity index (χ0n) is 15.3. The zero-order chi connectivity index (χ0) is 19.5. The summed E-state index contributed by atoms with van der Waals surface area (Å²) in [5, 5.41) is 3.27. The molecule has 0 aliphatic carbocycles. The van der Waals surface area contributed by atoms with Crippen LogP contribution in [0.4, 0.5) is 26.5 Å². The SMILES string of the molecule is Nc1nccc(C(F)F)c1-c1nc(N2CCNCC2)nc(N2CCOCC2)n1. The lowest BCUT2D eigenvalue weighted by Gasteiger charge is -2.30. The Hall–Kier alpha value is -2.66. The first-order chi connectivity index (χ1) is 13.6. The van der Waals surface area contributed by atoms with Crippen LogP contribution in [-0.4, -0.2) is 72.4 Å². The second-order valence-electron chi connectivity index (χ2n) is 6.56. The van der Waals surface area contributed by atoms with Gasteiger partial charge in [-0.25, -0.2) is 13.8 Å². The van der Waals surface area contributed by atoms with Crippen molar-refractivity contribution < 1.29 is 13.5 Å². The van der Waals surface area contributed by atoms with Gasteiger partial charge in [-0.1, -0.05) is 0 Å². The smallest absolute Gasteiger partial charge is 0.264 e. The van der Waals surface area contributed by atoms with Crippen molar-refractivity contribution in [1.82, 2.24) is 25.3 Å². The molecule has 150 valence electrons. The molecule has 0 saturated carbocycles. The average molecular weight is 392 g/mol. The van der Waals surface area contributed by atoms with E-state index in [0.717, 1.165) is 26.2 Å². The third-order valence-electron chi connectivity index (χ3n) is 4.78. The number of hydrogen-bond donors (Lipinski definition) is 2. The molecule has 0 amide bonds. The van der Waals surface area contributed by atoms with Crippen molar-refractivity contribution in [3.63, 3.8) is 0 Å². The first kappa shape index (κ1) is 18.7. The monoisotopic (exact) mass is 392 g/mol. The predicted molar refractivity (Wildman–Crippen MR) is 101 cm³/mol. The van der Waals surface area contributed by atoms with Gasteiger partial charge in [0.25, 0.3) is 6.43 Å². The molecule has 2 fully saturated rings. The highest BCUT2D eigenvalue weighted by Crippen LogP contribution is 2.33. The van der Waals surface area contributed by atoms with Crippen LogP contribution in [0.1, 0.15) is 12.0 Å². The largest absolute Gasteiger partial charge is 0.383 e. The van der Waals surface area contributed by atoms with E-state index < -0.39 is 6.43 Å². The van der Waals surface area contributed by atoms with Crippen molar-refractivity contribution in [3.05, 3.63) is 17.8 Å². The van der Waals surface area contributed by atoms with Gasteiger partial charge in [-0.15, -0.1) is 0 Å². The fourth-order valence-electron chi connectivity index (χ4n) is 3.30. The van der Waals surface area contributed by atoms with Crippen LogP contribution in [0, 0.1) is 0 Å². The first-order valence-corrected chi connectivity index (χ1v) is 9.21. The lowest BCUT2D eigenvalue weighted by molar-refractivity contribution is 0.122. The molecule has 3 N–H and O–H groups in total. The normalized spacial score (nSPS) is 18.0. The van der Waals surface area contributed by atoms with Crippen LogP contribution in [0.5, 0.6) is 0 Å². The molecule has 0 atom stereocenters. The summed E-state index contributed by atoms with van der Waals surface area (Å²) < 4.78 is 32.6. The van der Waals surface area contributed by atoms with Crippen LogP contribution >= 0.6 is 0 Å². The molecule has 0 bridgehead atoms. The van der Waals surface area contributed by atoms with Crippen molar-refractivity contribution in [2.75, 3.05) is 68.0 Å². The van der Waals surface area contributed by atoms with Crippen molar-refractivity contribution in [1.29, 1.82) is 0 Å². The number of anilines is 3. The van der Waals surface area contributed by atoms with Gasteiger partial charge in [0, 0.05) is 51.0 Å². The van der Waals surface area contributed by atoms with E-state index in [-0.39, 0.29) is 22.8 Å². The van der Waals surface area contributed by atoms with Gasteiger partial charge in [0.1, 0.15) is 5.82 Å². The van der Waals surface area contributed by atoms with Gasteiger partial charge in [0.15, 0.2) is 5.82 Å². The molecule has 28 heavy (non-hydrogen) atoms. The van der Waals surface area contributed by atoms with Gasteiger partial charge in [0.2, 0.25) is 11.9 Å². The predicted octanol–water partition coefficient (Wildman–Crippen LogP) is 0.700. The number of nitrogens with zero attached hydrogens (tertiary/aromatic N) is 6. The van der Waals surface area contributed by atoms with Gasteiger partial charge in [0.05, 0.1) is 18.8 Å². The number of morpholine rings is 1. The fraction of sp³-hybridized carbons (Fsp3) is 0.529. The molecule has 0 radical (unpaired) electrons. The number of rotatable bonds is 4. The Kier molecular flexibility index (Phi) is 5.44. The highest BCUT2D eigenvalue weighted by atomic mass is 19.3. The van der Waals surface area contributed by atoms with Crippen molar-refractivity contribution >= 4 is 17.7 Å². The van der Waals surface area contributed by atoms with E-state index in [1.54, 1.807) is 0 Å². The number of nitrogen functional groups attached to an aromatic ring is 1. The Bertz CT molecular complexity index is 789. The maximum absolute atomic E-state index is 13.6. The summed E-state index contributed by atoms with van der Waals surface area (Å²) in [4.78, 5) is 21.5. The van der Waals surface area contributed by atoms with Crippen molar-refractivity contribution in [2.45, 2.75) is 6.43 Å². The third-order valence-corrected chi connectivity index (χ3v) is 4.78. The van der Waals surface area contributed by atoms with Gasteiger partial charge >= 0.3 is 0 Å². The van der Waals surface area contributed by atoms with Crippen LogP contribution in [0.2, 0.25) is 0 Å². The number of pyridine rings is 1. The molecular weight excluding hydrogens is 370 g/mol. The number of alkyl halides is 2. The molecule has 2 aromatic heterocycles. The third kappa shape index (κ3) is 3.80. The Morgan fingerprint density at radius 2 is 1.64 bits per heavy atom. The van der Waals surface area contributed by atoms with Crippen LogP contribution in [0.25, 0.3) is 11.4 Å². The molecule has 2 saturated heterocycles. The summed E-state index contributed by atoms with van der Waals surface area (Å²) in [5.74, 6) is 0.982. The van der Waals surface area contributed by atoms with E-state index in [0.29, 0.717) is 38.2 Å². The minimum Gasteiger partial charge on any atom is -0.383 e. The quantitative estimate of drug-likeness (QED) is 0.778. The Labute approximate surface area is 160 Å². The standard InChI is InChI=1S/C17H22F2N8O/c18-13(19)11-1-2-22-14(20)12(11)15-23-16(26-5-3-21-4-6-26)25-17(24-15)27-7-9-28-10-8-27/h1-2,13,21H,3-10H2,(H2,20,22). The highest BCUT2D eigenvalue weighted by molar-refractivity contribution is 5.73. The highest BCUT2D eigenvalue weighted by Gasteiger charge is 2.25. The maximum atomic E-state index is 13.6. The van der Waals surface area contributed by atoms with E-state index in [1.165, 1.54) is 12.3 Å². The molecule has 11 heteroatoms. The van der Waals surface area contributed by atoms with Crippen molar-refractivity contribution in [2.24, 2.45) is 0 Å². The Morgan fingerprint density at radius 1 is 1.00 bits per heavy atom. The zero-order valence-corrected chi connectivity index (χ0v) is 15.3. The summed E-state index contributed by atoms with van der Waals surface area (Å²) in [5.41, 5.74) is 5.77. The van der Waals surface area contributed by atoms with Crippen LogP contribution in [0.3, 0.4) is 0 Å². The number of aromatic nitrogens is 4. The summed E-state index contributed by atoms with van der Waals surface area (Å²) in [6, 6.07) is 1.25. The molecule has 4 heterocycles. The molecule has 2 aromatic rings. The Morgan fingerprint density at radius 3 is 2.29 bits per heavy atom. The van der Waals surface area contributed by atoms with E-state index in [2.05, 4.69) is 25.3 Å². The van der Waals surface area contributed by atoms with Crippen LogP contribution in [0.15, 0.2) is 12.3 Å². The number of hydrogen-bond acceptors (Lipinski definition) is 9. The number of piperazine rings is 1. The number of nitrogens with two attached hydrogens (primary N) is 1. The lowest BCUT2D eigenvalue weighted by atomic mass is 10.1. The molecule has 0 spiro atoms. The van der Waals surface area contributed by atoms with E-state index >= 15 is 0 Å². The molecule has 0 unspecified atom stereocenters. The number of nitrogens with one attached hydrogen (secondary N) is 1. The first-order valence-electron chi connectivity index (χ1n) is 9.21. The minimum absolute atomic E-state index is 0.0248. The second-order valence-corrected chi connectivity index (χ2v) is 6.56. The van der Waals surface area contributed by atoms with Crippen molar-refractivity contribution in [3.8, 4) is 11.4 Å². The van der Waals surface area contributed by atoms with Gasteiger partial charge < -0.3 is 25.6 Å². The second kappa shape index (κ2) is 8.15. The maximum Gasteiger partial charge on any atom is 0.264 e. The molecule has 9 nitrogen and oxygen atoms in total. The van der Waals surface area contributed by atoms with Gasteiger partial charge in [-0.2, -0.15) is 15.0 Å². The summed E-state index contributed by atoms with van der Waals surface area (Å²) in [6.45, 7) is 5.38. The van der Waals surface area contributed by atoms with E-state index in [9.17, 15) is 8.78 Å². The molecular formula is C17H22F2N8O. The summed E-state index contributed by atoms with van der Waals surface area (Å²) in [6.07, 6.45) is -1.45. The minimum atomic E-state index is -2.72. The number of halogens is 2. The summed E-state index contributed by atoms with van der Waals surface area (Å²) in [7, 11) is 0. The lowest BCUT2D eigenvalue weighted by Crippen LogP contribution is -2.44. The van der Waals surface area contributed by atoms with Gasteiger partial charge in [-0.3, -0.25) is 0 Å². The van der Waals surface area contributed by atoms with Crippen LogP contribution < -0.4 is 20.9 Å². The van der Waals surface area contributed by atoms with Crippen LogP contribution in [-0.2, 0) is 4.74 Å². The molecule has 2 aliphatic heterocycles. The van der Waals surface area contributed by atoms with E-state index in [4.69, 9.17) is 10.5 Å². The average Bonchev–Trinajstić information content (AvgIpc) is 2.74. The molecule has 4 rings (SSSR count). The number of ether oxygens (including phenoxy) is 1. The topological polar surface area (TPSA) is 105 Å². The Balaban J connectivity index is 1.82. The fourth-order valence-corrected chi connectivity index (χ4v) is 3.30.